The second-order valence-corrected chi connectivity index (χ2v) is 4.32. The van der Waals surface area contributed by atoms with Crippen LogP contribution < -0.4 is 5.73 Å². The molecule has 0 aromatic heterocycles. The molecule has 0 aliphatic heterocycles. The standard InChI is InChI=1S/C14H14ClN/c1-10(16)13-4-2-3-5-14(13)11-6-8-12(15)9-7-11/h2-10H,16H2,1H3/t10-/m0/s1. The van der Waals surface area contributed by atoms with Gasteiger partial charge in [-0.25, -0.2) is 0 Å². The molecule has 1 atom stereocenters. The number of hydrogen-bond acceptors (Lipinski definition) is 1. The minimum Gasteiger partial charge on any atom is -0.324 e. The third-order valence-corrected chi connectivity index (χ3v) is 2.86. The van der Waals surface area contributed by atoms with Crippen LogP contribution >= 0.6 is 11.6 Å². The first-order valence-electron chi connectivity index (χ1n) is 5.29. The molecule has 0 saturated heterocycles. The van der Waals surface area contributed by atoms with Crippen LogP contribution in [-0.2, 0) is 0 Å². The fourth-order valence-electron chi connectivity index (χ4n) is 1.79. The number of rotatable bonds is 2. The van der Waals surface area contributed by atoms with Crippen LogP contribution in [0.25, 0.3) is 11.1 Å². The zero-order valence-corrected chi connectivity index (χ0v) is 9.91. The summed E-state index contributed by atoms with van der Waals surface area (Å²) in [6.45, 7) is 1.99. The van der Waals surface area contributed by atoms with Gasteiger partial charge < -0.3 is 5.73 Å². The maximum atomic E-state index is 5.96. The van der Waals surface area contributed by atoms with Crippen molar-refractivity contribution in [2.45, 2.75) is 13.0 Å². The molecule has 0 amide bonds. The molecule has 2 rings (SSSR count). The average Bonchev–Trinajstić information content (AvgIpc) is 2.30. The Morgan fingerprint density at radius 3 is 2.25 bits per heavy atom. The lowest BCUT2D eigenvalue weighted by atomic mass is 9.96. The number of hydrogen-bond donors (Lipinski definition) is 1. The summed E-state index contributed by atoms with van der Waals surface area (Å²) < 4.78 is 0. The second-order valence-electron chi connectivity index (χ2n) is 3.88. The Hall–Kier alpha value is -1.31. The van der Waals surface area contributed by atoms with E-state index in [0.717, 1.165) is 16.1 Å². The normalized spacial score (nSPS) is 12.4. The molecule has 0 radical (unpaired) electrons. The Kier molecular flexibility index (Phi) is 3.28. The Morgan fingerprint density at radius 1 is 1.00 bits per heavy atom. The van der Waals surface area contributed by atoms with E-state index in [4.69, 9.17) is 17.3 Å². The van der Waals surface area contributed by atoms with Crippen molar-refractivity contribution in [3.8, 4) is 11.1 Å². The van der Waals surface area contributed by atoms with Crippen LogP contribution in [0.3, 0.4) is 0 Å². The summed E-state index contributed by atoms with van der Waals surface area (Å²) in [6, 6.07) is 16.0. The summed E-state index contributed by atoms with van der Waals surface area (Å²) in [6.07, 6.45) is 0. The summed E-state index contributed by atoms with van der Waals surface area (Å²) in [4.78, 5) is 0. The van der Waals surface area contributed by atoms with Crippen LogP contribution in [0.5, 0.6) is 0 Å². The predicted molar refractivity (Wildman–Crippen MR) is 69.5 cm³/mol. The van der Waals surface area contributed by atoms with Crippen molar-refractivity contribution in [3.05, 3.63) is 59.1 Å². The van der Waals surface area contributed by atoms with Gasteiger partial charge in [0.1, 0.15) is 0 Å². The molecule has 0 bridgehead atoms. The van der Waals surface area contributed by atoms with Crippen LogP contribution in [-0.4, -0.2) is 0 Å². The summed E-state index contributed by atoms with van der Waals surface area (Å²) >= 11 is 5.88. The van der Waals surface area contributed by atoms with Crippen molar-refractivity contribution in [2.24, 2.45) is 5.73 Å². The molecule has 2 N–H and O–H groups in total. The van der Waals surface area contributed by atoms with Gasteiger partial charge in [-0.3, -0.25) is 0 Å². The first kappa shape index (κ1) is 11.2. The van der Waals surface area contributed by atoms with Gasteiger partial charge >= 0.3 is 0 Å². The second kappa shape index (κ2) is 4.69. The first-order chi connectivity index (χ1) is 7.68. The van der Waals surface area contributed by atoms with Crippen molar-refractivity contribution in [1.29, 1.82) is 0 Å². The molecule has 2 aromatic rings. The van der Waals surface area contributed by atoms with Crippen LogP contribution in [0.4, 0.5) is 0 Å². The van der Waals surface area contributed by atoms with Crippen LogP contribution in [0.15, 0.2) is 48.5 Å². The van der Waals surface area contributed by atoms with E-state index >= 15 is 0 Å². The molecule has 0 fully saturated rings. The van der Waals surface area contributed by atoms with Gasteiger partial charge in [0.05, 0.1) is 0 Å². The minimum atomic E-state index is 0.0341. The van der Waals surface area contributed by atoms with E-state index in [2.05, 4.69) is 12.1 Å². The summed E-state index contributed by atoms with van der Waals surface area (Å²) in [5.41, 5.74) is 9.44. The highest BCUT2D eigenvalue weighted by Gasteiger charge is 2.07. The monoisotopic (exact) mass is 231 g/mol. The van der Waals surface area contributed by atoms with Gasteiger partial charge in [0.15, 0.2) is 0 Å². The summed E-state index contributed by atoms with van der Waals surface area (Å²) in [5.74, 6) is 0. The van der Waals surface area contributed by atoms with Crippen LogP contribution in [0.1, 0.15) is 18.5 Å². The molecule has 0 unspecified atom stereocenters. The molecule has 0 aliphatic rings. The van der Waals surface area contributed by atoms with Crippen molar-refractivity contribution < 1.29 is 0 Å². The molecule has 0 saturated carbocycles. The highest BCUT2D eigenvalue weighted by molar-refractivity contribution is 6.30. The Morgan fingerprint density at radius 2 is 1.62 bits per heavy atom. The fourth-order valence-corrected chi connectivity index (χ4v) is 1.91. The Labute approximate surface area is 101 Å². The zero-order chi connectivity index (χ0) is 11.5. The minimum absolute atomic E-state index is 0.0341. The lowest BCUT2D eigenvalue weighted by Gasteiger charge is -2.12. The molecule has 82 valence electrons. The smallest absolute Gasteiger partial charge is 0.0406 e. The highest BCUT2D eigenvalue weighted by atomic mass is 35.5. The van der Waals surface area contributed by atoms with Crippen molar-refractivity contribution in [3.63, 3.8) is 0 Å². The van der Waals surface area contributed by atoms with E-state index in [0.29, 0.717) is 0 Å². The van der Waals surface area contributed by atoms with E-state index in [1.165, 1.54) is 5.56 Å². The Balaban J connectivity index is 2.51. The topological polar surface area (TPSA) is 26.0 Å². The van der Waals surface area contributed by atoms with Gasteiger partial charge in [-0.05, 0) is 35.7 Å². The van der Waals surface area contributed by atoms with Crippen molar-refractivity contribution in [2.75, 3.05) is 0 Å². The molecule has 0 aliphatic carbocycles. The van der Waals surface area contributed by atoms with Gasteiger partial charge in [-0.1, -0.05) is 48.0 Å². The van der Waals surface area contributed by atoms with E-state index in [1.54, 1.807) is 0 Å². The van der Waals surface area contributed by atoms with Crippen LogP contribution in [0, 0.1) is 0 Å². The molecule has 0 heterocycles. The number of halogens is 1. The fraction of sp³-hybridized carbons (Fsp3) is 0.143. The summed E-state index contributed by atoms with van der Waals surface area (Å²) in [7, 11) is 0. The van der Waals surface area contributed by atoms with Gasteiger partial charge in [-0.2, -0.15) is 0 Å². The third-order valence-electron chi connectivity index (χ3n) is 2.61. The molecule has 2 aromatic carbocycles. The van der Waals surface area contributed by atoms with Gasteiger partial charge in [0.25, 0.3) is 0 Å². The number of nitrogens with two attached hydrogens (primary N) is 1. The van der Waals surface area contributed by atoms with Gasteiger partial charge in [0.2, 0.25) is 0 Å². The quantitative estimate of drug-likeness (QED) is 0.830. The lowest BCUT2D eigenvalue weighted by Crippen LogP contribution is -2.06. The predicted octanol–water partition coefficient (Wildman–Crippen LogP) is 4.03. The molecule has 0 spiro atoms. The average molecular weight is 232 g/mol. The molecular formula is C14H14ClN. The van der Waals surface area contributed by atoms with Gasteiger partial charge in [0, 0.05) is 11.1 Å². The van der Waals surface area contributed by atoms with E-state index in [1.807, 2.05) is 43.3 Å². The van der Waals surface area contributed by atoms with Crippen LogP contribution in [0.2, 0.25) is 5.02 Å². The maximum Gasteiger partial charge on any atom is 0.0406 e. The molecule has 1 nitrogen and oxygen atoms in total. The van der Waals surface area contributed by atoms with E-state index in [9.17, 15) is 0 Å². The lowest BCUT2D eigenvalue weighted by molar-refractivity contribution is 0.820. The summed E-state index contributed by atoms with van der Waals surface area (Å²) in [5, 5.41) is 0.752. The van der Waals surface area contributed by atoms with E-state index < -0.39 is 0 Å². The molecule has 2 heteroatoms. The third kappa shape index (κ3) is 2.26. The first-order valence-corrected chi connectivity index (χ1v) is 5.67. The molecular weight excluding hydrogens is 218 g/mol. The van der Waals surface area contributed by atoms with Crippen molar-refractivity contribution in [1.82, 2.24) is 0 Å². The van der Waals surface area contributed by atoms with Crippen molar-refractivity contribution >= 4 is 11.6 Å². The number of benzene rings is 2. The largest absolute Gasteiger partial charge is 0.324 e. The maximum absolute atomic E-state index is 5.96. The zero-order valence-electron chi connectivity index (χ0n) is 9.15. The Bertz CT molecular complexity index is 474. The highest BCUT2D eigenvalue weighted by Crippen LogP contribution is 2.27. The molecule has 16 heavy (non-hydrogen) atoms. The van der Waals surface area contributed by atoms with Gasteiger partial charge in [-0.15, -0.1) is 0 Å². The van der Waals surface area contributed by atoms with E-state index in [-0.39, 0.29) is 6.04 Å². The SMILES string of the molecule is C[C@H](N)c1ccccc1-c1ccc(Cl)cc1.